The van der Waals surface area contributed by atoms with E-state index in [1.54, 1.807) is 13.1 Å². The number of aryl methyl sites for hydroxylation is 1. The lowest BCUT2D eigenvalue weighted by molar-refractivity contribution is 0.0995. The first kappa shape index (κ1) is 10.1. The van der Waals surface area contributed by atoms with E-state index in [1.165, 1.54) is 17.1 Å². The van der Waals surface area contributed by atoms with Gasteiger partial charge < -0.3 is 11.5 Å². The minimum absolute atomic E-state index is 0.0602. The zero-order chi connectivity index (χ0) is 11.7. The molecule has 0 saturated carbocycles. The minimum atomic E-state index is -0.658. The van der Waals surface area contributed by atoms with Gasteiger partial charge in [0.25, 0.3) is 5.91 Å². The molecule has 0 bridgehead atoms. The molecule has 0 aliphatic carbocycles. The molecule has 7 nitrogen and oxygen atoms in total. The summed E-state index contributed by atoms with van der Waals surface area (Å²) in [6, 6.07) is 0. The number of nitrogens with two attached hydrogens (primary N) is 2. The van der Waals surface area contributed by atoms with Gasteiger partial charge in [-0.1, -0.05) is 0 Å². The molecule has 0 aromatic carbocycles. The van der Waals surface area contributed by atoms with Gasteiger partial charge in [0, 0.05) is 24.2 Å². The molecule has 0 radical (unpaired) electrons. The van der Waals surface area contributed by atoms with E-state index in [1.807, 2.05) is 0 Å². The lowest BCUT2D eigenvalue weighted by Gasteiger charge is -2.02. The smallest absolute Gasteiger partial charge is 0.271 e. The molecular weight excluding hydrogens is 208 g/mol. The predicted octanol–water partition coefficient (Wildman–Crippen LogP) is -0.348. The number of anilines is 1. The van der Waals surface area contributed by atoms with Gasteiger partial charge in [-0.3, -0.25) is 4.79 Å². The summed E-state index contributed by atoms with van der Waals surface area (Å²) in [6.45, 7) is 1.80. The van der Waals surface area contributed by atoms with Crippen LogP contribution in [0.1, 0.15) is 16.1 Å². The van der Waals surface area contributed by atoms with E-state index in [4.69, 9.17) is 11.5 Å². The molecule has 0 unspecified atom stereocenters. The van der Waals surface area contributed by atoms with Gasteiger partial charge in [0.1, 0.15) is 5.82 Å². The van der Waals surface area contributed by atoms with Crippen LogP contribution in [0.25, 0.3) is 5.82 Å². The summed E-state index contributed by atoms with van der Waals surface area (Å²) < 4.78 is 1.39. The quantitative estimate of drug-likeness (QED) is 0.715. The van der Waals surface area contributed by atoms with Crippen molar-refractivity contribution < 1.29 is 4.79 Å². The monoisotopic (exact) mass is 218 g/mol. The first-order valence-electron chi connectivity index (χ1n) is 4.52. The molecule has 2 rings (SSSR count). The molecule has 1 amide bonds. The predicted molar refractivity (Wildman–Crippen MR) is 56.8 cm³/mol. The summed E-state index contributed by atoms with van der Waals surface area (Å²) in [5.41, 5.74) is 11.6. The van der Waals surface area contributed by atoms with Crippen LogP contribution in [0.3, 0.4) is 0 Å². The average Bonchev–Trinajstić information content (AvgIpc) is 2.59. The molecule has 82 valence electrons. The van der Waals surface area contributed by atoms with Crippen LogP contribution in [-0.2, 0) is 0 Å². The number of nitrogen functional groups attached to an aromatic ring is 1. The van der Waals surface area contributed by atoms with Gasteiger partial charge >= 0.3 is 0 Å². The van der Waals surface area contributed by atoms with Crippen LogP contribution in [0, 0.1) is 6.92 Å². The third kappa shape index (κ3) is 1.58. The van der Waals surface area contributed by atoms with Crippen LogP contribution in [-0.4, -0.2) is 25.7 Å². The Bertz CT molecular complexity index is 527. The topological polar surface area (TPSA) is 113 Å². The number of hydrogen-bond acceptors (Lipinski definition) is 5. The second-order valence-electron chi connectivity index (χ2n) is 3.23. The lowest BCUT2D eigenvalue weighted by atomic mass is 10.3. The molecule has 2 aromatic rings. The zero-order valence-corrected chi connectivity index (χ0v) is 8.58. The average molecular weight is 218 g/mol. The van der Waals surface area contributed by atoms with E-state index in [-0.39, 0.29) is 11.5 Å². The standard InChI is InChI=1S/C9H10N6O/c1-5-4-15(14-7(5)10)9-6(8(11)16)12-2-3-13-9/h2-4H,1H3,(H2,10,14)(H2,11,16). The first-order chi connectivity index (χ1) is 7.59. The van der Waals surface area contributed by atoms with E-state index < -0.39 is 5.91 Å². The van der Waals surface area contributed by atoms with Gasteiger partial charge in [0.05, 0.1) is 0 Å². The number of nitrogens with zero attached hydrogens (tertiary/aromatic N) is 4. The Balaban J connectivity index is 2.59. The highest BCUT2D eigenvalue weighted by atomic mass is 16.1. The van der Waals surface area contributed by atoms with E-state index in [0.717, 1.165) is 5.56 Å². The molecule has 0 spiro atoms. The van der Waals surface area contributed by atoms with Crippen molar-refractivity contribution in [3.05, 3.63) is 29.8 Å². The number of rotatable bonds is 2. The molecule has 0 saturated heterocycles. The van der Waals surface area contributed by atoms with Gasteiger partial charge in [-0.15, -0.1) is 5.10 Å². The zero-order valence-electron chi connectivity index (χ0n) is 8.58. The lowest BCUT2D eigenvalue weighted by Crippen LogP contribution is -2.18. The van der Waals surface area contributed by atoms with Gasteiger partial charge in [-0.2, -0.15) is 0 Å². The summed E-state index contributed by atoms with van der Waals surface area (Å²) in [7, 11) is 0. The van der Waals surface area contributed by atoms with Gasteiger partial charge in [-0.05, 0) is 6.92 Å². The molecule has 0 fully saturated rings. The summed E-state index contributed by atoms with van der Waals surface area (Å²) in [6.07, 6.45) is 4.50. The Hall–Kier alpha value is -2.44. The molecular formula is C9H10N6O. The Labute approximate surface area is 91.1 Å². The summed E-state index contributed by atoms with van der Waals surface area (Å²) >= 11 is 0. The van der Waals surface area contributed by atoms with Crippen LogP contribution in [0.4, 0.5) is 5.82 Å². The number of primary amides is 1. The van der Waals surface area contributed by atoms with Gasteiger partial charge in [-0.25, -0.2) is 14.6 Å². The highest BCUT2D eigenvalue weighted by molar-refractivity contribution is 5.93. The second kappa shape index (κ2) is 3.61. The number of amides is 1. The third-order valence-electron chi connectivity index (χ3n) is 2.06. The largest absolute Gasteiger partial charge is 0.382 e. The number of aromatic nitrogens is 4. The summed E-state index contributed by atoms with van der Waals surface area (Å²) in [5.74, 6) is -0.00861. The van der Waals surface area contributed by atoms with Gasteiger partial charge in [0.2, 0.25) is 0 Å². The highest BCUT2D eigenvalue weighted by Gasteiger charge is 2.14. The van der Waals surface area contributed by atoms with E-state index in [0.29, 0.717) is 5.82 Å². The minimum Gasteiger partial charge on any atom is -0.382 e. The van der Waals surface area contributed by atoms with E-state index in [9.17, 15) is 4.79 Å². The molecule has 2 heterocycles. The molecule has 0 atom stereocenters. The molecule has 4 N–H and O–H groups in total. The van der Waals surface area contributed by atoms with Crippen molar-refractivity contribution in [1.29, 1.82) is 0 Å². The van der Waals surface area contributed by atoms with Crippen molar-refractivity contribution in [2.75, 3.05) is 5.73 Å². The van der Waals surface area contributed by atoms with E-state index in [2.05, 4.69) is 15.1 Å². The Morgan fingerprint density at radius 1 is 1.38 bits per heavy atom. The van der Waals surface area contributed by atoms with Crippen LogP contribution < -0.4 is 11.5 Å². The number of carbonyl (C=O) groups is 1. The summed E-state index contributed by atoms with van der Waals surface area (Å²) in [5, 5.41) is 4.01. The molecule has 0 aliphatic heterocycles. The van der Waals surface area contributed by atoms with Crippen molar-refractivity contribution in [2.45, 2.75) is 6.92 Å². The fourth-order valence-electron chi connectivity index (χ4n) is 1.25. The molecule has 16 heavy (non-hydrogen) atoms. The van der Waals surface area contributed by atoms with E-state index >= 15 is 0 Å². The van der Waals surface area contributed by atoms with Crippen LogP contribution >= 0.6 is 0 Å². The normalized spacial score (nSPS) is 10.3. The fourth-order valence-corrected chi connectivity index (χ4v) is 1.25. The summed E-state index contributed by atoms with van der Waals surface area (Å²) in [4.78, 5) is 19.0. The highest BCUT2D eigenvalue weighted by Crippen LogP contribution is 2.12. The Kier molecular flexibility index (Phi) is 2.28. The first-order valence-corrected chi connectivity index (χ1v) is 4.52. The van der Waals surface area contributed by atoms with Gasteiger partial charge in [0.15, 0.2) is 11.5 Å². The van der Waals surface area contributed by atoms with Crippen LogP contribution in [0.5, 0.6) is 0 Å². The maximum absolute atomic E-state index is 11.1. The van der Waals surface area contributed by atoms with Crippen molar-refractivity contribution in [1.82, 2.24) is 19.7 Å². The number of carbonyl (C=O) groups excluding carboxylic acids is 1. The van der Waals surface area contributed by atoms with Crippen molar-refractivity contribution in [3.8, 4) is 5.82 Å². The Morgan fingerprint density at radius 3 is 2.62 bits per heavy atom. The molecule has 0 aliphatic rings. The second-order valence-corrected chi connectivity index (χ2v) is 3.23. The SMILES string of the molecule is Cc1cn(-c2nccnc2C(N)=O)nc1N. The van der Waals surface area contributed by atoms with Crippen LogP contribution in [0.2, 0.25) is 0 Å². The molecule has 2 aromatic heterocycles. The number of hydrogen-bond donors (Lipinski definition) is 2. The van der Waals surface area contributed by atoms with Crippen molar-refractivity contribution in [2.24, 2.45) is 5.73 Å². The van der Waals surface area contributed by atoms with Crippen LogP contribution in [0.15, 0.2) is 18.6 Å². The third-order valence-corrected chi connectivity index (χ3v) is 2.06. The maximum Gasteiger partial charge on any atom is 0.271 e. The fraction of sp³-hybridized carbons (Fsp3) is 0.111. The van der Waals surface area contributed by atoms with Crippen molar-refractivity contribution >= 4 is 11.7 Å². The van der Waals surface area contributed by atoms with Crippen molar-refractivity contribution in [3.63, 3.8) is 0 Å². The maximum atomic E-state index is 11.1. The molecule has 7 heteroatoms. The Morgan fingerprint density at radius 2 is 2.06 bits per heavy atom.